The third-order valence-corrected chi connectivity index (χ3v) is 12.7. The molecular weight excluding hydrogens is 356 g/mol. The second kappa shape index (κ2) is 13.5. The number of unbranched alkanes of at least 4 members (excludes halogenated alkanes) is 5. The molecule has 0 aromatic rings. The van der Waals surface area contributed by atoms with Crippen molar-refractivity contribution in [2.45, 2.75) is 117 Å². The maximum Gasteiger partial charge on any atom is 0.506 e. The van der Waals surface area contributed by atoms with E-state index in [4.69, 9.17) is 13.3 Å². The molecule has 0 fully saturated rings. The van der Waals surface area contributed by atoms with Gasteiger partial charge in [0.05, 0.1) is 0 Å². The SMILES string of the molecule is CCCCCCCC[Si](C)(C)CCC(C)(C)[Si](OCC)(OCC)OCC. The van der Waals surface area contributed by atoms with E-state index in [0.29, 0.717) is 19.8 Å². The molecule has 0 saturated carbocycles. The molecule has 0 N–H and O–H groups in total. The summed E-state index contributed by atoms with van der Waals surface area (Å²) in [4.78, 5) is 0. The summed E-state index contributed by atoms with van der Waals surface area (Å²) in [5.74, 6) is 0. The van der Waals surface area contributed by atoms with E-state index < -0.39 is 16.9 Å². The van der Waals surface area contributed by atoms with E-state index >= 15 is 0 Å². The second-order valence-electron chi connectivity index (χ2n) is 8.92. The zero-order valence-corrected chi connectivity index (χ0v) is 21.2. The Kier molecular flexibility index (Phi) is 13.6. The van der Waals surface area contributed by atoms with Gasteiger partial charge in [-0.25, -0.2) is 0 Å². The molecule has 26 heavy (non-hydrogen) atoms. The molecule has 3 nitrogen and oxygen atoms in total. The predicted molar refractivity (Wildman–Crippen MR) is 120 cm³/mol. The standard InChI is InChI=1S/C21H48O3Si2/c1-9-13-14-15-16-17-19-25(7,8)20-18-21(5,6)26(22-10-2,23-11-3)24-12-4/h9-20H2,1-8H3. The quantitative estimate of drug-likeness (QED) is 0.188. The van der Waals surface area contributed by atoms with E-state index in [-0.39, 0.29) is 5.04 Å². The van der Waals surface area contributed by atoms with Gasteiger partial charge in [0, 0.05) is 32.9 Å². The van der Waals surface area contributed by atoms with Crippen LogP contribution in [0.4, 0.5) is 0 Å². The van der Waals surface area contributed by atoms with Crippen molar-refractivity contribution in [3.63, 3.8) is 0 Å². The molecule has 0 aromatic heterocycles. The van der Waals surface area contributed by atoms with Gasteiger partial charge in [0.25, 0.3) is 0 Å². The van der Waals surface area contributed by atoms with E-state index in [0.717, 1.165) is 6.42 Å². The van der Waals surface area contributed by atoms with Crippen LogP contribution in [0.15, 0.2) is 0 Å². The molecule has 0 amide bonds. The lowest BCUT2D eigenvalue weighted by Crippen LogP contribution is -2.55. The lowest BCUT2D eigenvalue weighted by Gasteiger charge is -2.42. The molecule has 0 bridgehead atoms. The lowest BCUT2D eigenvalue weighted by atomic mass is 10.1. The van der Waals surface area contributed by atoms with Crippen LogP contribution >= 0.6 is 0 Å². The summed E-state index contributed by atoms with van der Waals surface area (Å²) in [5.41, 5.74) is 0. The van der Waals surface area contributed by atoms with Crippen molar-refractivity contribution in [1.82, 2.24) is 0 Å². The molecule has 158 valence electrons. The summed E-state index contributed by atoms with van der Waals surface area (Å²) in [6.07, 6.45) is 9.53. The van der Waals surface area contributed by atoms with Gasteiger partial charge in [-0.1, -0.05) is 84.5 Å². The second-order valence-corrected chi connectivity index (χ2v) is 17.6. The number of rotatable bonds is 17. The maximum absolute atomic E-state index is 6.19. The van der Waals surface area contributed by atoms with Crippen LogP contribution in [0.2, 0.25) is 30.2 Å². The van der Waals surface area contributed by atoms with Crippen molar-refractivity contribution in [2.75, 3.05) is 19.8 Å². The van der Waals surface area contributed by atoms with E-state index in [1.54, 1.807) is 0 Å². The van der Waals surface area contributed by atoms with Gasteiger partial charge in [0.2, 0.25) is 0 Å². The highest BCUT2D eigenvalue weighted by atomic mass is 28.4. The highest BCUT2D eigenvalue weighted by Gasteiger charge is 2.55. The number of hydrogen-bond donors (Lipinski definition) is 0. The summed E-state index contributed by atoms with van der Waals surface area (Å²) in [7, 11) is -3.83. The van der Waals surface area contributed by atoms with Gasteiger partial charge in [0.1, 0.15) is 0 Å². The molecule has 0 atom stereocenters. The Labute approximate surface area is 167 Å². The molecular formula is C21H48O3Si2. The molecule has 0 unspecified atom stereocenters. The van der Waals surface area contributed by atoms with E-state index in [2.05, 4.69) is 33.9 Å². The molecule has 0 rings (SSSR count). The molecule has 0 spiro atoms. The first-order valence-electron chi connectivity index (χ1n) is 11.1. The first-order valence-corrected chi connectivity index (χ1v) is 16.3. The average Bonchev–Trinajstić information content (AvgIpc) is 2.57. The van der Waals surface area contributed by atoms with Crippen LogP contribution in [0.25, 0.3) is 0 Å². The van der Waals surface area contributed by atoms with Gasteiger partial charge in [-0.3, -0.25) is 0 Å². The minimum absolute atomic E-state index is 0.0274. The van der Waals surface area contributed by atoms with E-state index in [1.807, 2.05) is 20.8 Å². The summed E-state index contributed by atoms with van der Waals surface area (Å²) < 4.78 is 18.6. The van der Waals surface area contributed by atoms with Gasteiger partial charge in [-0.2, -0.15) is 0 Å². The van der Waals surface area contributed by atoms with Crippen molar-refractivity contribution in [3.05, 3.63) is 0 Å². The predicted octanol–water partition coefficient (Wildman–Crippen LogP) is 7.27. The zero-order chi connectivity index (χ0) is 20.1. The van der Waals surface area contributed by atoms with E-state index in [1.165, 1.54) is 50.6 Å². The smallest absolute Gasteiger partial charge is 0.373 e. The third kappa shape index (κ3) is 9.49. The summed E-state index contributed by atoms with van der Waals surface area (Å²) in [6.45, 7) is 20.1. The van der Waals surface area contributed by atoms with Crippen molar-refractivity contribution < 1.29 is 13.3 Å². The molecule has 0 aliphatic rings. The summed E-state index contributed by atoms with van der Waals surface area (Å²) in [6, 6.07) is 2.78. The van der Waals surface area contributed by atoms with Crippen LogP contribution < -0.4 is 0 Å². The fourth-order valence-electron chi connectivity index (χ4n) is 3.59. The van der Waals surface area contributed by atoms with Gasteiger partial charge < -0.3 is 13.3 Å². The molecule has 0 heterocycles. The van der Waals surface area contributed by atoms with Crippen LogP contribution in [0, 0.1) is 0 Å². The van der Waals surface area contributed by atoms with Crippen LogP contribution in [-0.4, -0.2) is 36.7 Å². The Bertz CT molecular complexity index is 329. The highest BCUT2D eigenvalue weighted by Crippen LogP contribution is 2.45. The molecule has 0 radical (unpaired) electrons. The van der Waals surface area contributed by atoms with Crippen LogP contribution in [-0.2, 0) is 13.3 Å². The average molecular weight is 405 g/mol. The normalized spacial score (nSPS) is 13.4. The third-order valence-electron chi connectivity index (χ3n) is 5.47. The molecule has 0 saturated heterocycles. The zero-order valence-electron chi connectivity index (χ0n) is 19.2. The van der Waals surface area contributed by atoms with Crippen molar-refractivity contribution >= 4 is 16.9 Å². The first kappa shape index (κ1) is 26.3. The van der Waals surface area contributed by atoms with Crippen molar-refractivity contribution in [1.29, 1.82) is 0 Å². The van der Waals surface area contributed by atoms with Crippen molar-refractivity contribution in [2.24, 2.45) is 0 Å². The van der Waals surface area contributed by atoms with Crippen LogP contribution in [0.3, 0.4) is 0 Å². The Balaban J connectivity index is 4.67. The first-order chi connectivity index (χ1) is 12.2. The Morgan fingerprint density at radius 3 is 1.58 bits per heavy atom. The monoisotopic (exact) mass is 404 g/mol. The molecule has 0 aromatic carbocycles. The Morgan fingerprint density at radius 1 is 0.654 bits per heavy atom. The van der Waals surface area contributed by atoms with E-state index in [9.17, 15) is 0 Å². The summed E-state index contributed by atoms with van der Waals surface area (Å²) in [5, 5.41) is -0.0274. The lowest BCUT2D eigenvalue weighted by molar-refractivity contribution is 0.0473. The van der Waals surface area contributed by atoms with Gasteiger partial charge in [-0.05, 0) is 27.2 Å². The molecule has 5 heteroatoms. The molecule has 0 aliphatic heterocycles. The van der Waals surface area contributed by atoms with Gasteiger partial charge in [0.15, 0.2) is 0 Å². The maximum atomic E-state index is 6.19. The largest absolute Gasteiger partial charge is 0.506 e. The Morgan fingerprint density at radius 2 is 1.12 bits per heavy atom. The number of hydrogen-bond acceptors (Lipinski definition) is 3. The topological polar surface area (TPSA) is 27.7 Å². The summed E-state index contributed by atoms with van der Waals surface area (Å²) >= 11 is 0. The van der Waals surface area contributed by atoms with Crippen molar-refractivity contribution in [3.8, 4) is 0 Å². The minimum Gasteiger partial charge on any atom is -0.373 e. The highest BCUT2D eigenvalue weighted by molar-refractivity contribution is 6.77. The fourth-order valence-corrected chi connectivity index (χ4v) is 9.60. The fraction of sp³-hybridized carbons (Fsp3) is 1.00. The van der Waals surface area contributed by atoms with Gasteiger partial charge >= 0.3 is 8.80 Å². The van der Waals surface area contributed by atoms with Crippen LogP contribution in [0.5, 0.6) is 0 Å². The Hall–Kier alpha value is 0.314. The molecule has 0 aliphatic carbocycles. The van der Waals surface area contributed by atoms with Gasteiger partial charge in [-0.15, -0.1) is 0 Å². The minimum atomic E-state index is -2.65. The van der Waals surface area contributed by atoms with Crippen LogP contribution in [0.1, 0.15) is 86.5 Å².